The highest BCUT2D eigenvalue weighted by molar-refractivity contribution is 7.20. The van der Waals surface area contributed by atoms with Crippen LogP contribution in [0.25, 0.3) is 10.9 Å². The van der Waals surface area contributed by atoms with Crippen LogP contribution in [0.1, 0.15) is 82.2 Å². The number of rotatable bonds is 8. The van der Waals surface area contributed by atoms with Crippen molar-refractivity contribution >= 4 is 38.9 Å². The molecule has 434 valence electrons. The van der Waals surface area contributed by atoms with Crippen molar-refractivity contribution in [3.63, 3.8) is 0 Å². The number of halogens is 24. The van der Waals surface area contributed by atoms with Crippen molar-refractivity contribution in [3.8, 4) is 5.75 Å². The minimum Gasteiger partial charge on any atom is -0.490 e. The van der Waals surface area contributed by atoms with E-state index in [2.05, 4.69) is 71.4 Å². The number of para-hydroxylation sites is 1. The van der Waals surface area contributed by atoms with Crippen LogP contribution in [0.5, 0.6) is 5.75 Å². The van der Waals surface area contributed by atoms with Crippen LogP contribution < -0.4 is 31.2 Å². The molecule has 1 fully saturated rings. The van der Waals surface area contributed by atoms with E-state index in [0.717, 1.165) is 12.3 Å². The van der Waals surface area contributed by atoms with Gasteiger partial charge in [-0.3, -0.25) is 0 Å². The highest BCUT2D eigenvalue weighted by Crippen LogP contribution is 2.42. The van der Waals surface area contributed by atoms with Gasteiger partial charge in [0, 0.05) is 23.1 Å². The molecule has 1 aliphatic carbocycles. The maximum atomic E-state index is 14.2. The van der Waals surface area contributed by atoms with E-state index in [1.165, 1.54) is 48.6 Å². The molecule has 7 aromatic rings. The van der Waals surface area contributed by atoms with Crippen molar-refractivity contribution in [2.75, 3.05) is 0 Å². The number of hydrogen-bond donors (Lipinski definition) is 0. The number of pyridine rings is 1. The number of hydrogen-bond acceptors (Lipinski definition) is 1. The second kappa shape index (κ2) is 22.0. The minimum absolute atomic E-state index is 0.414. The van der Waals surface area contributed by atoms with E-state index in [1.54, 1.807) is 0 Å². The third-order valence-corrected chi connectivity index (χ3v) is 13.4. The Hall–Kier alpha value is -7.09. The quantitative estimate of drug-likeness (QED) is 0.0840. The van der Waals surface area contributed by atoms with E-state index in [0.29, 0.717) is 6.10 Å². The Morgan fingerprint density at radius 1 is 0.358 bits per heavy atom. The Morgan fingerprint density at radius 3 is 0.963 bits per heavy atom. The fourth-order valence-electron chi connectivity index (χ4n) is 9.67. The molecular weight excluding hydrogens is 1150 g/mol. The molecule has 0 aliphatic heterocycles. The summed E-state index contributed by atoms with van der Waals surface area (Å²) in [5.74, 6) is 1.01. The number of fused-ring (bicyclic) bond motifs is 1. The molecule has 0 radical (unpaired) electrons. The van der Waals surface area contributed by atoms with Gasteiger partial charge in [-0.15, -0.1) is 0 Å². The van der Waals surface area contributed by atoms with Crippen molar-refractivity contribution in [2.45, 2.75) is 94.2 Å². The summed E-state index contributed by atoms with van der Waals surface area (Å²) in [6, 6.07) is 12.6. The maximum absolute atomic E-state index is 14.2. The van der Waals surface area contributed by atoms with Crippen LogP contribution in [-0.2, 0) is 56.0 Å². The Labute approximate surface area is 442 Å². The average Bonchev–Trinajstić information content (AvgIpc) is 3.36. The van der Waals surface area contributed by atoms with Gasteiger partial charge in [-0.05, 0) is 86.3 Å². The molecule has 81 heavy (non-hydrogen) atoms. The minimum atomic E-state index is -6.13. The summed E-state index contributed by atoms with van der Waals surface area (Å²) in [6.45, 7) is 0.880. The largest absolute Gasteiger partial charge is 0.490 e. The van der Waals surface area contributed by atoms with Gasteiger partial charge < -0.3 is 4.74 Å². The van der Waals surface area contributed by atoms with E-state index in [1.807, 2.05) is 0 Å². The van der Waals surface area contributed by atoms with E-state index >= 15 is 0 Å². The molecule has 0 unspecified atom stereocenters. The first kappa shape index (κ1) is 61.5. The topological polar surface area (TPSA) is 13.1 Å². The molecule has 6 aromatic carbocycles. The van der Waals surface area contributed by atoms with Crippen molar-refractivity contribution in [1.82, 2.24) is 0 Å². The second-order valence-corrected chi connectivity index (χ2v) is 18.9. The van der Waals surface area contributed by atoms with Crippen LogP contribution >= 0.6 is 0 Å². The van der Waals surface area contributed by atoms with Crippen LogP contribution in [0.3, 0.4) is 0 Å². The van der Waals surface area contributed by atoms with Gasteiger partial charge in [-0.1, -0.05) is 67.1 Å². The number of ether oxygens (including phenoxy) is 1. The highest BCUT2D eigenvalue weighted by Gasteiger charge is 2.47. The molecule has 27 heteroatoms. The summed E-state index contributed by atoms with van der Waals surface area (Å²) >= 11 is 0. The van der Waals surface area contributed by atoms with Gasteiger partial charge in [-0.2, -0.15) is 132 Å². The molecule has 0 N–H and O–H groups in total. The lowest BCUT2D eigenvalue weighted by Crippen LogP contribution is -2.75. The van der Waals surface area contributed by atoms with Crippen LogP contribution in [-0.4, -0.2) is 12.2 Å². The van der Waals surface area contributed by atoms with E-state index < -0.39 is 195 Å². The first-order valence-electron chi connectivity index (χ1n) is 23.6. The molecule has 8 rings (SSSR count). The molecular formula is C54H36BF24NO. The first-order valence-corrected chi connectivity index (χ1v) is 23.6. The standard InChI is InChI=1S/C32H12BF24.C22H24NO/c34-25(35,36)13-1-14(26(37,38)39)6-21(5-13)33(22-7-15(27(40,41)42)2-16(8-22)28(43,44)45,23-9-17(29(46,47)48)3-18(10-23)30(49,50)51)24-11-19(31(52,53)54)4-20(12-24)32(55,56)57;1-2-9-20(10-3-1)24-21-14-12-18(13-15-21)17-23-16-6-8-19-7-4-5-11-22(19)23/h1-12H;4-8,11-16,20H,1-3,9-10,17H2/q-1;+1. The monoisotopic (exact) mass is 1180 g/mol. The van der Waals surface area contributed by atoms with Crippen molar-refractivity contribution < 1.29 is 115 Å². The smallest absolute Gasteiger partial charge is 0.416 e. The number of nitrogens with zero attached hydrogens (tertiary/aromatic N) is 1. The Morgan fingerprint density at radius 2 is 0.654 bits per heavy atom. The number of aromatic nitrogens is 1. The van der Waals surface area contributed by atoms with Gasteiger partial charge in [0.2, 0.25) is 5.52 Å². The molecule has 1 heterocycles. The van der Waals surface area contributed by atoms with Gasteiger partial charge in [0.25, 0.3) is 0 Å². The van der Waals surface area contributed by atoms with E-state index in [-0.39, 0.29) is 0 Å². The molecule has 1 saturated carbocycles. The Bertz CT molecular complexity index is 2920. The molecule has 0 saturated heterocycles. The zero-order valence-electron chi connectivity index (χ0n) is 40.6. The zero-order valence-corrected chi connectivity index (χ0v) is 40.6. The predicted molar refractivity (Wildman–Crippen MR) is 247 cm³/mol. The summed E-state index contributed by atoms with van der Waals surface area (Å²) in [5.41, 5.74) is -27.6. The third kappa shape index (κ3) is 14.3. The molecule has 0 amide bonds. The highest BCUT2D eigenvalue weighted by atomic mass is 19.4. The average molecular weight is 1180 g/mol. The van der Waals surface area contributed by atoms with Crippen molar-refractivity contribution in [1.29, 1.82) is 0 Å². The van der Waals surface area contributed by atoms with Crippen molar-refractivity contribution in [2.24, 2.45) is 0 Å². The van der Waals surface area contributed by atoms with Crippen LogP contribution in [0.15, 0.2) is 140 Å². The van der Waals surface area contributed by atoms with E-state index in [9.17, 15) is 105 Å². The summed E-state index contributed by atoms with van der Waals surface area (Å²) in [7, 11) is 0. The lowest BCUT2D eigenvalue weighted by molar-refractivity contribution is -0.662. The molecule has 0 bridgehead atoms. The van der Waals surface area contributed by atoms with Crippen LogP contribution in [0.2, 0.25) is 0 Å². The maximum Gasteiger partial charge on any atom is 0.416 e. The number of benzene rings is 6. The number of alkyl halides is 24. The fraction of sp³-hybridized carbons (Fsp3) is 0.278. The summed E-state index contributed by atoms with van der Waals surface area (Å²) in [5, 5.41) is 1.28. The van der Waals surface area contributed by atoms with Gasteiger partial charge in [0.1, 0.15) is 11.9 Å². The molecule has 0 spiro atoms. The van der Waals surface area contributed by atoms with Crippen LogP contribution in [0, 0.1) is 0 Å². The van der Waals surface area contributed by atoms with E-state index in [4.69, 9.17) is 4.74 Å². The molecule has 1 aliphatic rings. The SMILES string of the molecule is FC(F)(F)c1cc([B-](c2cc(C(F)(F)F)cc(C(F)(F)F)c2)(c2cc(C(F)(F)F)cc(C(F)(F)F)c2)c2cc(C(F)(F)F)cc(C(F)(F)F)c2)cc(C(F)(F)F)c1.c1ccc2c(c1)ccc[n+]2Cc1ccc(OC2CCCCC2)cc1. The first-order chi connectivity index (χ1) is 37.1. The van der Waals surface area contributed by atoms with Gasteiger partial charge in [-0.25, -0.2) is 0 Å². The molecule has 1 aromatic heterocycles. The normalized spacial score (nSPS) is 14.7. The summed E-state index contributed by atoms with van der Waals surface area (Å²) in [4.78, 5) is 0. The second-order valence-electron chi connectivity index (χ2n) is 18.9. The third-order valence-electron chi connectivity index (χ3n) is 13.4. The Balaban J connectivity index is 0.000000323. The van der Waals surface area contributed by atoms with Crippen LogP contribution in [0.4, 0.5) is 105 Å². The predicted octanol–water partition coefficient (Wildman–Crippen LogP) is 16.1. The van der Waals surface area contributed by atoms with Gasteiger partial charge in [0.05, 0.1) is 50.6 Å². The lowest BCUT2D eigenvalue weighted by atomic mass is 9.12. The summed E-state index contributed by atoms with van der Waals surface area (Å²) < 4.78 is 349. The zero-order chi connectivity index (χ0) is 60.1. The molecule has 0 atom stereocenters. The summed E-state index contributed by atoms with van der Waals surface area (Å²) in [6.07, 6.45) is -45.9. The van der Waals surface area contributed by atoms with Crippen molar-refractivity contribution in [3.05, 3.63) is 190 Å². The molecule has 2 nitrogen and oxygen atoms in total. The Kier molecular flexibility index (Phi) is 16.7. The fourth-order valence-corrected chi connectivity index (χ4v) is 9.67. The lowest BCUT2D eigenvalue weighted by Gasteiger charge is -2.46. The van der Waals surface area contributed by atoms with Gasteiger partial charge >= 0.3 is 49.4 Å². The van der Waals surface area contributed by atoms with Gasteiger partial charge in [0.15, 0.2) is 12.7 Å².